The van der Waals surface area contributed by atoms with Crippen molar-refractivity contribution < 1.29 is 9.53 Å². The standard InChI is InChI=1S/C27H29Cl2N3O2/c1-16-9-18(13-30)10-25-22(16)11-20(31(25)3)12-23-24(28)6-5-19(26(23)29)15-32-8-7-21(17(2)14-32)27(33)34-4/h5-6,9-11,17,21H,7-8,12,14-15H2,1-4H3. The summed E-state index contributed by atoms with van der Waals surface area (Å²) < 4.78 is 7.07. The van der Waals surface area contributed by atoms with Crippen molar-refractivity contribution >= 4 is 40.1 Å². The zero-order chi connectivity index (χ0) is 24.6. The topological polar surface area (TPSA) is 58.3 Å². The van der Waals surface area contributed by atoms with E-state index in [1.165, 1.54) is 7.11 Å². The number of nitrogens with zero attached hydrogens (tertiary/aromatic N) is 3. The summed E-state index contributed by atoms with van der Waals surface area (Å²) in [5, 5.41) is 11.8. The van der Waals surface area contributed by atoms with E-state index in [9.17, 15) is 10.1 Å². The average Bonchev–Trinajstić information content (AvgIpc) is 3.14. The molecular formula is C27H29Cl2N3O2. The van der Waals surface area contributed by atoms with Crippen LogP contribution in [0.3, 0.4) is 0 Å². The number of nitriles is 1. The van der Waals surface area contributed by atoms with E-state index in [1.807, 2.05) is 38.2 Å². The molecule has 2 aromatic carbocycles. The summed E-state index contributed by atoms with van der Waals surface area (Å²) in [4.78, 5) is 14.3. The van der Waals surface area contributed by atoms with Crippen LogP contribution in [0.5, 0.6) is 0 Å². The molecule has 2 atom stereocenters. The lowest BCUT2D eigenvalue weighted by atomic mass is 9.87. The fourth-order valence-electron chi connectivity index (χ4n) is 5.13. The second-order valence-corrected chi connectivity index (χ2v) is 10.1. The lowest BCUT2D eigenvalue weighted by molar-refractivity contribution is -0.149. The first-order chi connectivity index (χ1) is 16.2. The number of aryl methyl sites for hydroxylation is 2. The highest BCUT2D eigenvalue weighted by molar-refractivity contribution is 6.36. The Balaban J connectivity index is 1.58. The zero-order valence-corrected chi connectivity index (χ0v) is 21.5. The smallest absolute Gasteiger partial charge is 0.309 e. The second-order valence-electron chi connectivity index (χ2n) is 9.34. The molecule has 0 spiro atoms. The molecule has 178 valence electrons. The van der Waals surface area contributed by atoms with Gasteiger partial charge in [0.1, 0.15) is 0 Å². The van der Waals surface area contributed by atoms with E-state index in [0.717, 1.165) is 52.8 Å². The lowest BCUT2D eigenvalue weighted by Crippen LogP contribution is -2.42. The molecule has 0 amide bonds. The molecule has 2 unspecified atom stereocenters. The lowest BCUT2D eigenvalue weighted by Gasteiger charge is -2.35. The molecule has 1 aliphatic heterocycles. The molecule has 34 heavy (non-hydrogen) atoms. The number of carbonyl (C=O) groups excluding carboxylic acids is 1. The molecule has 0 radical (unpaired) electrons. The molecule has 0 bridgehead atoms. The van der Waals surface area contributed by atoms with Crippen LogP contribution in [0.2, 0.25) is 10.0 Å². The van der Waals surface area contributed by atoms with Crippen molar-refractivity contribution in [3.63, 3.8) is 0 Å². The van der Waals surface area contributed by atoms with Crippen LogP contribution >= 0.6 is 23.2 Å². The number of piperidine rings is 1. The number of benzene rings is 2. The average molecular weight is 498 g/mol. The van der Waals surface area contributed by atoms with Gasteiger partial charge < -0.3 is 9.30 Å². The van der Waals surface area contributed by atoms with Crippen molar-refractivity contribution in [1.29, 1.82) is 5.26 Å². The minimum Gasteiger partial charge on any atom is -0.469 e. The molecule has 1 aliphatic rings. The molecule has 1 saturated heterocycles. The molecule has 2 heterocycles. The molecule has 1 fully saturated rings. The van der Waals surface area contributed by atoms with Crippen molar-refractivity contribution in [3.8, 4) is 6.07 Å². The summed E-state index contributed by atoms with van der Waals surface area (Å²) in [5.74, 6) is 0.0594. The van der Waals surface area contributed by atoms with E-state index in [2.05, 4.69) is 28.5 Å². The van der Waals surface area contributed by atoms with Crippen LogP contribution < -0.4 is 0 Å². The minimum atomic E-state index is -0.119. The summed E-state index contributed by atoms with van der Waals surface area (Å²) in [6.07, 6.45) is 1.38. The van der Waals surface area contributed by atoms with Gasteiger partial charge in [-0.05, 0) is 66.8 Å². The van der Waals surface area contributed by atoms with Gasteiger partial charge in [-0.25, -0.2) is 0 Å². The predicted molar refractivity (Wildman–Crippen MR) is 136 cm³/mol. The van der Waals surface area contributed by atoms with Crippen molar-refractivity contribution in [2.45, 2.75) is 33.2 Å². The number of likely N-dealkylation sites (tertiary alicyclic amines) is 1. The quantitative estimate of drug-likeness (QED) is 0.412. The van der Waals surface area contributed by atoms with E-state index in [-0.39, 0.29) is 17.8 Å². The van der Waals surface area contributed by atoms with Gasteiger partial charge >= 0.3 is 5.97 Å². The summed E-state index contributed by atoms with van der Waals surface area (Å²) in [7, 11) is 3.46. The van der Waals surface area contributed by atoms with Gasteiger partial charge in [-0.1, -0.05) is 36.2 Å². The third kappa shape index (κ3) is 4.68. The fourth-order valence-corrected chi connectivity index (χ4v) is 5.69. The maximum Gasteiger partial charge on any atom is 0.309 e. The van der Waals surface area contributed by atoms with Crippen molar-refractivity contribution in [3.05, 3.63) is 68.3 Å². The number of rotatable bonds is 5. The number of fused-ring (bicyclic) bond motifs is 1. The van der Waals surface area contributed by atoms with Crippen molar-refractivity contribution in [2.75, 3.05) is 20.2 Å². The number of ether oxygens (including phenoxy) is 1. The van der Waals surface area contributed by atoms with E-state index in [4.69, 9.17) is 27.9 Å². The molecule has 5 nitrogen and oxygen atoms in total. The minimum absolute atomic E-state index is 0.0472. The Kier molecular flexibility index (Phi) is 7.23. The third-order valence-electron chi connectivity index (χ3n) is 7.11. The summed E-state index contributed by atoms with van der Waals surface area (Å²) in [5.41, 5.74) is 5.78. The summed E-state index contributed by atoms with van der Waals surface area (Å²) in [6.45, 7) is 6.47. The Morgan fingerprint density at radius 2 is 2.03 bits per heavy atom. The van der Waals surface area contributed by atoms with Crippen molar-refractivity contribution in [1.82, 2.24) is 9.47 Å². The van der Waals surface area contributed by atoms with Gasteiger partial charge in [0, 0.05) is 48.2 Å². The Labute approximate surface area is 210 Å². The van der Waals surface area contributed by atoms with Gasteiger partial charge in [0.2, 0.25) is 0 Å². The zero-order valence-electron chi connectivity index (χ0n) is 20.0. The monoisotopic (exact) mass is 497 g/mol. The van der Waals surface area contributed by atoms with Gasteiger partial charge in [0.15, 0.2) is 0 Å². The van der Waals surface area contributed by atoms with Crippen LogP contribution in [0, 0.1) is 30.1 Å². The summed E-state index contributed by atoms with van der Waals surface area (Å²) in [6, 6.07) is 12.1. The van der Waals surface area contributed by atoms with E-state index in [1.54, 1.807) is 0 Å². The van der Waals surface area contributed by atoms with Gasteiger partial charge in [0.25, 0.3) is 0 Å². The highest BCUT2D eigenvalue weighted by Crippen LogP contribution is 2.34. The van der Waals surface area contributed by atoms with Crippen LogP contribution in [-0.4, -0.2) is 35.6 Å². The number of esters is 1. The largest absolute Gasteiger partial charge is 0.469 e. The van der Waals surface area contributed by atoms with Gasteiger partial charge in [-0.3, -0.25) is 9.69 Å². The second kappa shape index (κ2) is 10.00. The summed E-state index contributed by atoms with van der Waals surface area (Å²) >= 11 is 13.5. The molecular weight excluding hydrogens is 469 g/mol. The van der Waals surface area contributed by atoms with Crippen LogP contribution in [0.1, 0.15) is 41.3 Å². The molecule has 3 aromatic rings. The predicted octanol–water partition coefficient (Wildman–Crippen LogP) is 5.89. The molecule has 0 N–H and O–H groups in total. The number of aromatic nitrogens is 1. The first kappa shape index (κ1) is 24.6. The Morgan fingerprint density at radius 1 is 1.26 bits per heavy atom. The Bertz CT molecular complexity index is 1290. The molecule has 7 heteroatoms. The molecule has 0 saturated carbocycles. The third-order valence-corrected chi connectivity index (χ3v) is 7.93. The highest BCUT2D eigenvalue weighted by Gasteiger charge is 2.32. The number of hydrogen-bond donors (Lipinski definition) is 0. The van der Waals surface area contributed by atoms with E-state index >= 15 is 0 Å². The number of carbonyl (C=O) groups is 1. The number of halogens is 2. The Morgan fingerprint density at radius 3 is 2.71 bits per heavy atom. The first-order valence-corrected chi connectivity index (χ1v) is 12.2. The first-order valence-electron chi connectivity index (χ1n) is 11.5. The maximum atomic E-state index is 12.0. The van der Waals surface area contributed by atoms with E-state index < -0.39 is 0 Å². The molecule has 0 aliphatic carbocycles. The highest BCUT2D eigenvalue weighted by atomic mass is 35.5. The molecule has 1 aromatic heterocycles. The normalized spacial score (nSPS) is 18.7. The number of hydrogen-bond acceptors (Lipinski definition) is 4. The van der Waals surface area contributed by atoms with Gasteiger partial charge in [0.05, 0.1) is 29.7 Å². The van der Waals surface area contributed by atoms with Crippen LogP contribution in [0.15, 0.2) is 30.3 Å². The van der Waals surface area contributed by atoms with Crippen LogP contribution in [0.4, 0.5) is 0 Å². The van der Waals surface area contributed by atoms with Gasteiger partial charge in [-0.15, -0.1) is 0 Å². The fraction of sp³-hybridized carbons (Fsp3) is 0.407. The maximum absolute atomic E-state index is 12.0. The SMILES string of the molecule is COC(=O)C1CCN(Cc2ccc(Cl)c(Cc3cc4c(C)cc(C#N)cc4n3C)c2Cl)CC1C. The molecule has 4 rings (SSSR count). The van der Waals surface area contributed by atoms with Crippen LogP contribution in [0.25, 0.3) is 10.9 Å². The van der Waals surface area contributed by atoms with Gasteiger partial charge in [-0.2, -0.15) is 5.26 Å². The van der Waals surface area contributed by atoms with E-state index in [0.29, 0.717) is 28.6 Å². The Hall–Kier alpha value is -2.52. The van der Waals surface area contributed by atoms with Crippen LogP contribution in [-0.2, 0) is 29.5 Å². The number of methoxy groups -OCH3 is 1. The van der Waals surface area contributed by atoms with Crippen molar-refractivity contribution in [2.24, 2.45) is 18.9 Å².